The van der Waals surface area contributed by atoms with Crippen LogP contribution in [0.15, 0.2) is 0 Å². The summed E-state index contributed by atoms with van der Waals surface area (Å²) in [6.45, 7) is 3.39. The number of carbonyl (C=O) groups excluding carboxylic acids is 2. The normalized spacial score (nSPS) is 25.8. The van der Waals surface area contributed by atoms with Crippen LogP contribution < -0.4 is 5.32 Å². The first-order chi connectivity index (χ1) is 9.95. The number of urea groups is 1. The van der Waals surface area contributed by atoms with Gasteiger partial charge in [0.15, 0.2) is 0 Å². The number of likely N-dealkylation sites (tertiary alicyclic amines) is 2. The van der Waals surface area contributed by atoms with Crippen molar-refractivity contribution in [2.75, 3.05) is 26.2 Å². The molecular weight excluding hydrogens is 274 g/mol. The summed E-state index contributed by atoms with van der Waals surface area (Å²) < 4.78 is 0. The molecule has 0 aliphatic carbocycles. The molecule has 0 aromatic carbocycles. The Labute approximate surface area is 124 Å². The summed E-state index contributed by atoms with van der Waals surface area (Å²) in [4.78, 5) is 38.6. The maximum Gasteiger partial charge on any atom is 0.329 e. The average Bonchev–Trinajstić information content (AvgIpc) is 2.99. The summed E-state index contributed by atoms with van der Waals surface area (Å²) in [5, 5.41) is 11.9. The van der Waals surface area contributed by atoms with Gasteiger partial charge in [-0.3, -0.25) is 4.79 Å². The Hall–Kier alpha value is -1.79. The van der Waals surface area contributed by atoms with Crippen LogP contribution in [-0.4, -0.2) is 64.5 Å². The fourth-order valence-corrected chi connectivity index (χ4v) is 2.99. The van der Waals surface area contributed by atoms with E-state index in [1.165, 1.54) is 4.90 Å². The number of amides is 3. The van der Waals surface area contributed by atoms with Crippen LogP contribution in [-0.2, 0) is 9.59 Å². The summed E-state index contributed by atoms with van der Waals surface area (Å²) in [6.07, 6.45) is 4.03. The number of hydrogen-bond acceptors (Lipinski definition) is 3. The van der Waals surface area contributed by atoms with Gasteiger partial charge in [0, 0.05) is 19.6 Å². The molecule has 3 amide bonds. The Bertz CT molecular complexity index is 434. The fourth-order valence-electron chi connectivity index (χ4n) is 2.99. The van der Waals surface area contributed by atoms with Crippen LogP contribution in [0.3, 0.4) is 0 Å². The zero-order chi connectivity index (χ0) is 15.5. The van der Waals surface area contributed by atoms with Crippen molar-refractivity contribution in [1.29, 1.82) is 0 Å². The van der Waals surface area contributed by atoms with E-state index in [0.717, 1.165) is 38.8 Å². The predicted octanol–water partition coefficient (Wildman–Crippen LogP) is 0.648. The van der Waals surface area contributed by atoms with Gasteiger partial charge in [0.05, 0.1) is 6.54 Å². The lowest BCUT2D eigenvalue weighted by Crippen LogP contribution is -2.60. The minimum atomic E-state index is -1.18. The summed E-state index contributed by atoms with van der Waals surface area (Å²) in [6, 6.07) is -0.466. The summed E-state index contributed by atoms with van der Waals surface area (Å²) >= 11 is 0. The van der Waals surface area contributed by atoms with Gasteiger partial charge in [0.1, 0.15) is 5.54 Å². The number of nitrogens with zero attached hydrogens (tertiary/aromatic N) is 2. The number of aliphatic carboxylic acids is 1. The summed E-state index contributed by atoms with van der Waals surface area (Å²) in [7, 11) is 0. The zero-order valence-corrected chi connectivity index (χ0v) is 12.4. The highest BCUT2D eigenvalue weighted by Crippen LogP contribution is 2.28. The first-order valence-electron chi connectivity index (χ1n) is 7.52. The van der Waals surface area contributed by atoms with Crippen molar-refractivity contribution in [3.05, 3.63) is 0 Å². The van der Waals surface area contributed by atoms with Crippen LogP contribution in [0.5, 0.6) is 0 Å². The zero-order valence-electron chi connectivity index (χ0n) is 12.4. The average molecular weight is 297 g/mol. The van der Waals surface area contributed by atoms with Crippen molar-refractivity contribution in [1.82, 2.24) is 15.1 Å². The van der Waals surface area contributed by atoms with Gasteiger partial charge in [0.2, 0.25) is 5.91 Å². The number of nitrogens with one attached hydrogen (secondary N) is 1. The Kier molecular flexibility index (Phi) is 4.69. The standard InChI is InChI=1S/C14H23N3O4/c1-14(12(19)20)6-2-3-9-17(14)13(21)15-10-11(18)16-7-4-5-8-16/h2-10H2,1H3,(H,15,21)(H,19,20). The predicted molar refractivity (Wildman–Crippen MR) is 75.8 cm³/mol. The van der Waals surface area contributed by atoms with E-state index >= 15 is 0 Å². The third kappa shape index (κ3) is 3.28. The number of carboxylic acids is 1. The third-order valence-corrected chi connectivity index (χ3v) is 4.45. The Morgan fingerprint density at radius 2 is 1.71 bits per heavy atom. The molecule has 0 radical (unpaired) electrons. The molecule has 2 N–H and O–H groups in total. The fraction of sp³-hybridized carbons (Fsp3) is 0.786. The molecule has 2 saturated heterocycles. The first-order valence-corrected chi connectivity index (χ1v) is 7.52. The maximum atomic E-state index is 12.2. The molecule has 1 unspecified atom stereocenters. The lowest BCUT2D eigenvalue weighted by Gasteiger charge is -2.41. The number of piperidine rings is 1. The SMILES string of the molecule is CC1(C(=O)O)CCCCN1C(=O)NCC(=O)N1CCCC1. The van der Waals surface area contributed by atoms with E-state index in [2.05, 4.69) is 5.32 Å². The molecule has 1 atom stereocenters. The molecule has 21 heavy (non-hydrogen) atoms. The second-order valence-electron chi connectivity index (χ2n) is 5.93. The highest BCUT2D eigenvalue weighted by atomic mass is 16.4. The molecule has 0 aromatic rings. The lowest BCUT2D eigenvalue weighted by molar-refractivity contribution is -0.150. The van der Waals surface area contributed by atoms with E-state index in [1.807, 2.05) is 0 Å². The van der Waals surface area contributed by atoms with E-state index in [-0.39, 0.29) is 12.5 Å². The van der Waals surface area contributed by atoms with E-state index < -0.39 is 17.5 Å². The molecule has 7 heteroatoms. The van der Waals surface area contributed by atoms with Gasteiger partial charge in [0.25, 0.3) is 0 Å². The largest absolute Gasteiger partial charge is 0.480 e. The number of carbonyl (C=O) groups is 3. The van der Waals surface area contributed by atoms with Crippen molar-refractivity contribution >= 4 is 17.9 Å². The summed E-state index contributed by atoms with van der Waals surface area (Å²) in [5.41, 5.74) is -1.18. The van der Waals surface area contributed by atoms with Gasteiger partial charge in [-0.05, 0) is 39.0 Å². The second kappa shape index (κ2) is 6.32. The molecule has 118 valence electrons. The molecule has 0 spiro atoms. The molecule has 0 saturated carbocycles. The van der Waals surface area contributed by atoms with Crippen molar-refractivity contribution < 1.29 is 19.5 Å². The maximum absolute atomic E-state index is 12.2. The quantitative estimate of drug-likeness (QED) is 0.800. The van der Waals surface area contributed by atoms with Gasteiger partial charge >= 0.3 is 12.0 Å². The highest BCUT2D eigenvalue weighted by molar-refractivity contribution is 5.88. The van der Waals surface area contributed by atoms with Gasteiger partial charge in [-0.15, -0.1) is 0 Å². The molecule has 2 aliphatic heterocycles. The smallest absolute Gasteiger partial charge is 0.329 e. The van der Waals surface area contributed by atoms with Gasteiger partial charge in [-0.2, -0.15) is 0 Å². The van der Waals surface area contributed by atoms with Crippen LogP contribution >= 0.6 is 0 Å². The van der Waals surface area contributed by atoms with Gasteiger partial charge in [-0.1, -0.05) is 0 Å². The van der Waals surface area contributed by atoms with Crippen LogP contribution in [0.25, 0.3) is 0 Å². The first kappa shape index (κ1) is 15.6. The molecule has 2 aliphatic rings. The molecule has 2 rings (SSSR count). The number of carboxylic acid groups (broad SMARTS) is 1. The third-order valence-electron chi connectivity index (χ3n) is 4.45. The van der Waals surface area contributed by atoms with Crippen molar-refractivity contribution in [2.24, 2.45) is 0 Å². The lowest BCUT2D eigenvalue weighted by atomic mass is 9.89. The molecule has 2 heterocycles. The molecule has 0 bridgehead atoms. The Morgan fingerprint density at radius 1 is 1.10 bits per heavy atom. The van der Waals surface area contributed by atoms with Crippen molar-refractivity contribution in [2.45, 2.75) is 44.6 Å². The van der Waals surface area contributed by atoms with E-state index in [1.54, 1.807) is 11.8 Å². The molecule has 0 aromatic heterocycles. The molecular formula is C14H23N3O4. The minimum absolute atomic E-state index is 0.0645. The monoisotopic (exact) mass is 297 g/mol. The Balaban J connectivity index is 1.92. The summed E-state index contributed by atoms with van der Waals surface area (Å²) in [5.74, 6) is -1.10. The highest BCUT2D eigenvalue weighted by Gasteiger charge is 2.44. The van der Waals surface area contributed by atoms with Crippen LogP contribution in [0.2, 0.25) is 0 Å². The van der Waals surface area contributed by atoms with Crippen LogP contribution in [0.4, 0.5) is 4.79 Å². The number of rotatable bonds is 3. The molecule has 7 nitrogen and oxygen atoms in total. The minimum Gasteiger partial charge on any atom is -0.480 e. The topological polar surface area (TPSA) is 90.0 Å². The van der Waals surface area contributed by atoms with Crippen LogP contribution in [0, 0.1) is 0 Å². The van der Waals surface area contributed by atoms with Gasteiger partial charge in [-0.25, -0.2) is 9.59 Å². The van der Waals surface area contributed by atoms with E-state index in [4.69, 9.17) is 0 Å². The van der Waals surface area contributed by atoms with Crippen LogP contribution in [0.1, 0.15) is 39.0 Å². The van der Waals surface area contributed by atoms with E-state index in [0.29, 0.717) is 13.0 Å². The van der Waals surface area contributed by atoms with Gasteiger partial charge < -0.3 is 20.2 Å². The number of hydrogen-bond donors (Lipinski definition) is 2. The second-order valence-corrected chi connectivity index (χ2v) is 5.93. The van der Waals surface area contributed by atoms with E-state index in [9.17, 15) is 19.5 Å². The van der Waals surface area contributed by atoms with Crippen molar-refractivity contribution in [3.63, 3.8) is 0 Å². The Morgan fingerprint density at radius 3 is 2.33 bits per heavy atom. The molecule has 2 fully saturated rings. The van der Waals surface area contributed by atoms with Crippen molar-refractivity contribution in [3.8, 4) is 0 Å².